The lowest BCUT2D eigenvalue weighted by molar-refractivity contribution is -0.136. The number of esters is 1. The minimum Gasteiger partial charge on any atom is -0.453 e. The molecule has 0 bridgehead atoms. The Morgan fingerprint density at radius 3 is 2.65 bits per heavy atom. The van der Waals surface area contributed by atoms with Gasteiger partial charge in [-0.05, 0) is 41.0 Å². The van der Waals surface area contributed by atoms with Gasteiger partial charge in [0.2, 0.25) is 5.78 Å². The quantitative estimate of drug-likeness (QED) is 0.282. The van der Waals surface area contributed by atoms with Crippen LogP contribution in [0.4, 0.5) is 0 Å². The predicted molar refractivity (Wildman–Crippen MR) is 116 cm³/mol. The van der Waals surface area contributed by atoms with Crippen molar-refractivity contribution in [3.05, 3.63) is 77.2 Å². The average molecular weight is 415 g/mol. The standard InChI is InChI=1S/C23H21N5O3/c1-3-17-10-7-11-18-19(13-24-22(17)18)21(29)14-31-23(30)20(28-15(2)25-26-27-28)12-16-8-5-4-6-9-16/h4-13,24H,3,14H2,1-2H3. The number of rotatable bonds is 7. The Morgan fingerprint density at radius 2 is 1.94 bits per heavy atom. The zero-order chi connectivity index (χ0) is 21.8. The highest BCUT2D eigenvalue weighted by molar-refractivity contribution is 6.16. The van der Waals surface area contributed by atoms with E-state index in [1.54, 1.807) is 19.2 Å². The molecule has 4 aromatic rings. The number of aryl methyl sites for hydroxylation is 2. The van der Waals surface area contributed by atoms with E-state index in [-0.39, 0.29) is 11.5 Å². The van der Waals surface area contributed by atoms with Gasteiger partial charge in [-0.2, -0.15) is 4.68 Å². The smallest absolute Gasteiger partial charge is 0.357 e. The van der Waals surface area contributed by atoms with Crippen molar-refractivity contribution in [2.24, 2.45) is 0 Å². The first-order chi connectivity index (χ1) is 15.1. The van der Waals surface area contributed by atoms with Crippen LogP contribution in [-0.4, -0.2) is 43.6 Å². The molecular weight excluding hydrogens is 394 g/mol. The third-order valence-electron chi connectivity index (χ3n) is 4.98. The summed E-state index contributed by atoms with van der Waals surface area (Å²) in [6.07, 6.45) is 4.13. The van der Waals surface area contributed by atoms with Crippen molar-refractivity contribution in [1.82, 2.24) is 25.2 Å². The molecule has 0 aliphatic carbocycles. The topological polar surface area (TPSA) is 103 Å². The SMILES string of the molecule is CCc1cccc2c(C(=O)COC(=O)C(=Cc3ccccc3)n3nnnc3C)c[nH]c12. The second-order valence-electron chi connectivity index (χ2n) is 6.97. The Hall–Kier alpha value is -4.07. The highest BCUT2D eigenvalue weighted by Gasteiger charge is 2.21. The maximum Gasteiger partial charge on any atom is 0.357 e. The summed E-state index contributed by atoms with van der Waals surface area (Å²) in [6, 6.07) is 15.1. The molecule has 31 heavy (non-hydrogen) atoms. The molecule has 0 atom stereocenters. The first-order valence-corrected chi connectivity index (χ1v) is 9.90. The Labute approximate surface area is 178 Å². The third-order valence-corrected chi connectivity index (χ3v) is 4.98. The molecule has 8 nitrogen and oxygen atoms in total. The Morgan fingerprint density at radius 1 is 1.13 bits per heavy atom. The molecule has 0 spiro atoms. The lowest BCUT2D eigenvalue weighted by Gasteiger charge is -2.09. The number of tetrazole rings is 1. The van der Waals surface area contributed by atoms with Gasteiger partial charge in [0, 0.05) is 22.7 Å². The number of H-pyrrole nitrogens is 1. The molecule has 4 rings (SSSR count). The number of aromatic nitrogens is 5. The van der Waals surface area contributed by atoms with Gasteiger partial charge < -0.3 is 9.72 Å². The minimum atomic E-state index is -0.693. The van der Waals surface area contributed by atoms with E-state index >= 15 is 0 Å². The number of hydrogen-bond donors (Lipinski definition) is 1. The van der Waals surface area contributed by atoms with Crippen LogP contribution < -0.4 is 0 Å². The number of benzene rings is 2. The van der Waals surface area contributed by atoms with Crippen LogP contribution in [-0.2, 0) is 16.0 Å². The van der Waals surface area contributed by atoms with Crippen LogP contribution in [0.5, 0.6) is 0 Å². The summed E-state index contributed by atoms with van der Waals surface area (Å²) in [5, 5.41) is 12.1. The molecule has 2 heterocycles. The maximum atomic E-state index is 12.9. The molecule has 2 aromatic carbocycles. The second kappa shape index (κ2) is 8.74. The number of para-hydroxylation sites is 1. The number of nitrogens with one attached hydrogen (secondary N) is 1. The predicted octanol–water partition coefficient (Wildman–Crippen LogP) is 3.45. The van der Waals surface area contributed by atoms with Crippen LogP contribution in [0.2, 0.25) is 0 Å². The fourth-order valence-electron chi connectivity index (χ4n) is 3.39. The molecule has 0 unspecified atom stereocenters. The van der Waals surface area contributed by atoms with Crippen molar-refractivity contribution >= 4 is 34.4 Å². The Kier molecular flexibility index (Phi) is 5.70. The zero-order valence-electron chi connectivity index (χ0n) is 17.2. The van der Waals surface area contributed by atoms with Crippen LogP contribution in [0.15, 0.2) is 54.7 Å². The van der Waals surface area contributed by atoms with Gasteiger partial charge >= 0.3 is 5.97 Å². The van der Waals surface area contributed by atoms with Crippen LogP contribution in [0.25, 0.3) is 22.7 Å². The van der Waals surface area contributed by atoms with Crippen molar-refractivity contribution in [1.29, 1.82) is 0 Å². The van der Waals surface area contributed by atoms with Gasteiger partial charge in [0.15, 0.2) is 18.1 Å². The molecule has 0 fully saturated rings. The molecule has 1 N–H and O–H groups in total. The number of ether oxygens (including phenoxy) is 1. The number of ketones is 1. The maximum absolute atomic E-state index is 12.9. The number of carbonyl (C=O) groups is 2. The zero-order valence-corrected chi connectivity index (χ0v) is 17.2. The molecule has 0 aliphatic heterocycles. The third kappa shape index (κ3) is 4.13. The van der Waals surface area contributed by atoms with Crippen molar-refractivity contribution < 1.29 is 14.3 Å². The summed E-state index contributed by atoms with van der Waals surface area (Å²) in [5.41, 5.74) is 3.43. The minimum absolute atomic E-state index is 0.119. The highest BCUT2D eigenvalue weighted by Crippen LogP contribution is 2.23. The molecular formula is C23H21N5O3. The van der Waals surface area contributed by atoms with Crippen molar-refractivity contribution in [2.45, 2.75) is 20.3 Å². The first-order valence-electron chi connectivity index (χ1n) is 9.90. The van der Waals surface area contributed by atoms with E-state index in [2.05, 4.69) is 27.4 Å². The average Bonchev–Trinajstić information content (AvgIpc) is 3.42. The van der Waals surface area contributed by atoms with Crippen molar-refractivity contribution in [2.75, 3.05) is 6.61 Å². The summed E-state index contributed by atoms with van der Waals surface area (Å²) in [4.78, 5) is 28.8. The highest BCUT2D eigenvalue weighted by atomic mass is 16.5. The van der Waals surface area contributed by atoms with Crippen LogP contribution in [0.1, 0.15) is 34.2 Å². The van der Waals surface area contributed by atoms with Gasteiger partial charge in [0.25, 0.3) is 0 Å². The van der Waals surface area contributed by atoms with Crippen LogP contribution in [0, 0.1) is 6.92 Å². The summed E-state index contributed by atoms with van der Waals surface area (Å²) < 4.78 is 6.65. The van der Waals surface area contributed by atoms with E-state index in [9.17, 15) is 9.59 Å². The van der Waals surface area contributed by atoms with Crippen LogP contribution in [0.3, 0.4) is 0 Å². The van der Waals surface area contributed by atoms with E-state index in [1.807, 2.05) is 48.5 Å². The normalized spacial score (nSPS) is 11.6. The molecule has 0 aliphatic rings. The van der Waals surface area contributed by atoms with Gasteiger partial charge in [-0.15, -0.1) is 5.10 Å². The monoisotopic (exact) mass is 415 g/mol. The molecule has 156 valence electrons. The van der Waals surface area contributed by atoms with E-state index in [1.165, 1.54) is 4.68 Å². The van der Waals surface area contributed by atoms with Gasteiger partial charge in [0.1, 0.15) is 0 Å². The summed E-state index contributed by atoms with van der Waals surface area (Å²) in [5.74, 6) is -0.559. The van der Waals surface area contributed by atoms with E-state index in [0.29, 0.717) is 11.4 Å². The number of nitrogens with zero attached hydrogens (tertiary/aromatic N) is 4. The molecule has 8 heteroatoms. The van der Waals surface area contributed by atoms with Crippen molar-refractivity contribution in [3.63, 3.8) is 0 Å². The number of fused-ring (bicyclic) bond motifs is 1. The summed E-state index contributed by atoms with van der Waals surface area (Å²) in [7, 11) is 0. The molecule has 2 aromatic heterocycles. The number of aromatic amines is 1. The fraction of sp³-hybridized carbons (Fsp3) is 0.174. The van der Waals surface area contributed by atoms with Gasteiger partial charge in [-0.25, -0.2) is 4.79 Å². The Bertz CT molecular complexity index is 1270. The summed E-state index contributed by atoms with van der Waals surface area (Å²) in [6.45, 7) is 3.34. The number of carbonyl (C=O) groups excluding carboxylic acids is 2. The summed E-state index contributed by atoms with van der Waals surface area (Å²) >= 11 is 0. The molecule has 0 saturated heterocycles. The first kappa shape index (κ1) is 20.2. The largest absolute Gasteiger partial charge is 0.453 e. The number of hydrogen-bond acceptors (Lipinski definition) is 6. The van der Waals surface area contributed by atoms with Gasteiger partial charge in [-0.3, -0.25) is 4.79 Å². The van der Waals surface area contributed by atoms with Crippen LogP contribution >= 0.6 is 0 Å². The molecule has 0 amide bonds. The molecule has 0 radical (unpaired) electrons. The fourth-order valence-corrected chi connectivity index (χ4v) is 3.39. The molecule has 0 saturated carbocycles. The lowest BCUT2D eigenvalue weighted by atomic mass is 10.1. The Balaban J connectivity index is 1.57. The van der Waals surface area contributed by atoms with E-state index < -0.39 is 12.6 Å². The van der Waals surface area contributed by atoms with E-state index in [4.69, 9.17) is 4.74 Å². The van der Waals surface area contributed by atoms with Crippen molar-refractivity contribution in [3.8, 4) is 0 Å². The lowest BCUT2D eigenvalue weighted by Crippen LogP contribution is -2.19. The number of Topliss-reactive ketones (excluding diaryl/α,β-unsaturated/α-hetero) is 1. The van der Waals surface area contributed by atoms with Gasteiger partial charge in [-0.1, -0.05) is 55.5 Å². The van der Waals surface area contributed by atoms with Gasteiger partial charge in [0.05, 0.1) is 0 Å². The van der Waals surface area contributed by atoms with E-state index in [0.717, 1.165) is 28.5 Å². The second-order valence-corrected chi connectivity index (χ2v) is 6.97.